The fourth-order valence-corrected chi connectivity index (χ4v) is 2.49. The van der Waals surface area contributed by atoms with Gasteiger partial charge in [-0.15, -0.1) is 0 Å². The Hall–Kier alpha value is -2.52. The lowest BCUT2D eigenvalue weighted by Crippen LogP contribution is -2.50. The molecule has 0 aliphatic carbocycles. The van der Waals surface area contributed by atoms with Gasteiger partial charge in [0.25, 0.3) is 0 Å². The maximum absolute atomic E-state index is 12.6. The lowest BCUT2D eigenvalue weighted by atomic mass is 10.1. The average molecular weight is 345 g/mol. The molecule has 0 saturated carbocycles. The van der Waals surface area contributed by atoms with Crippen molar-refractivity contribution in [2.45, 2.75) is 25.1 Å². The third kappa shape index (κ3) is 5.00. The SMILES string of the molecule is NC(=O)NCC(=O)NC1CCCN(c2ccc(C(F)(F)F)cn2)C1. The number of nitrogens with two attached hydrogens (primary N) is 1. The molecule has 1 unspecified atom stereocenters. The molecule has 1 aromatic rings. The molecule has 0 radical (unpaired) electrons. The Morgan fingerprint density at radius 1 is 1.38 bits per heavy atom. The van der Waals surface area contributed by atoms with Crippen LogP contribution in [0.4, 0.5) is 23.8 Å². The summed E-state index contributed by atoms with van der Waals surface area (Å²) in [6, 6.07) is 1.34. The van der Waals surface area contributed by atoms with Crippen LogP contribution in [0.2, 0.25) is 0 Å². The number of nitrogens with one attached hydrogen (secondary N) is 2. The van der Waals surface area contributed by atoms with E-state index in [4.69, 9.17) is 5.73 Å². The summed E-state index contributed by atoms with van der Waals surface area (Å²) in [6.07, 6.45) is -2.12. The summed E-state index contributed by atoms with van der Waals surface area (Å²) < 4.78 is 37.7. The quantitative estimate of drug-likeness (QED) is 0.753. The zero-order valence-corrected chi connectivity index (χ0v) is 12.8. The van der Waals surface area contributed by atoms with E-state index in [0.717, 1.165) is 25.1 Å². The fraction of sp³-hybridized carbons (Fsp3) is 0.500. The predicted octanol–water partition coefficient (Wildman–Crippen LogP) is 0.854. The number of piperidine rings is 1. The van der Waals surface area contributed by atoms with Crippen molar-refractivity contribution in [3.05, 3.63) is 23.9 Å². The van der Waals surface area contributed by atoms with Gasteiger partial charge in [-0.05, 0) is 25.0 Å². The molecule has 0 aromatic carbocycles. The van der Waals surface area contributed by atoms with E-state index in [2.05, 4.69) is 15.6 Å². The van der Waals surface area contributed by atoms with Crippen molar-refractivity contribution in [3.8, 4) is 0 Å². The number of halogens is 3. The number of hydrogen-bond donors (Lipinski definition) is 3. The normalized spacial score (nSPS) is 18.1. The van der Waals surface area contributed by atoms with Crippen LogP contribution in [-0.4, -0.2) is 42.6 Å². The second-order valence-electron chi connectivity index (χ2n) is 5.47. The number of carbonyl (C=O) groups is 2. The molecule has 3 amide bonds. The van der Waals surface area contributed by atoms with Crippen LogP contribution in [0.5, 0.6) is 0 Å². The monoisotopic (exact) mass is 345 g/mol. The number of nitrogens with zero attached hydrogens (tertiary/aromatic N) is 2. The van der Waals surface area contributed by atoms with Crippen molar-refractivity contribution < 1.29 is 22.8 Å². The van der Waals surface area contributed by atoms with Crippen molar-refractivity contribution >= 4 is 17.8 Å². The highest BCUT2D eigenvalue weighted by Gasteiger charge is 2.31. The second kappa shape index (κ2) is 7.37. The first-order valence-electron chi connectivity index (χ1n) is 7.36. The van der Waals surface area contributed by atoms with Crippen molar-refractivity contribution in [2.75, 3.05) is 24.5 Å². The van der Waals surface area contributed by atoms with E-state index in [1.165, 1.54) is 6.07 Å². The largest absolute Gasteiger partial charge is 0.417 e. The first-order chi connectivity index (χ1) is 11.3. The number of amides is 3. The molecular weight excluding hydrogens is 327 g/mol. The molecule has 1 aromatic heterocycles. The van der Waals surface area contributed by atoms with Gasteiger partial charge in [0.05, 0.1) is 12.1 Å². The summed E-state index contributed by atoms with van der Waals surface area (Å²) in [4.78, 5) is 27.9. The summed E-state index contributed by atoms with van der Waals surface area (Å²) in [5, 5.41) is 4.94. The van der Waals surface area contributed by atoms with E-state index in [9.17, 15) is 22.8 Å². The maximum Gasteiger partial charge on any atom is 0.417 e. The molecule has 132 valence electrons. The third-order valence-electron chi connectivity index (χ3n) is 3.61. The molecule has 1 fully saturated rings. The molecule has 10 heteroatoms. The van der Waals surface area contributed by atoms with Gasteiger partial charge < -0.3 is 21.3 Å². The van der Waals surface area contributed by atoms with Gasteiger partial charge in [0.15, 0.2) is 0 Å². The van der Waals surface area contributed by atoms with Gasteiger partial charge in [-0.25, -0.2) is 9.78 Å². The second-order valence-corrected chi connectivity index (χ2v) is 5.47. The smallest absolute Gasteiger partial charge is 0.355 e. The number of aromatic nitrogens is 1. The zero-order chi connectivity index (χ0) is 17.7. The van der Waals surface area contributed by atoms with Gasteiger partial charge in [-0.1, -0.05) is 0 Å². The average Bonchev–Trinajstić information content (AvgIpc) is 2.52. The lowest BCUT2D eigenvalue weighted by molar-refractivity contribution is -0.137. The molecule has 4 N–H and O–H groups in total. The Kier molecular flexibility index (Phi) is 5.47. The summed E-state index contributed by atoms with van der Waals surface area (Å²) >= 11 is 0. The minimum atomic E-state index is -4.42. The summed E-state index contributed by atoms with van der Waals surface area (Å²) in [6.45, 7) is 0.856. The molecule has 0 bridgehead atoms. The fourth-order valence-electron chi connectivity index (χ4n) is 2.49. The number of carbonyl (C=O) groups excluding carboxylic acids is 2. The van der Waals surface area contributed by atoms with E-state index in [0.29, 0.717) is 18.9 Å². The van der Waals surface area contributed by atoms with E-state index in [1.807, 2.05) is 4.90 Å². The van der Waals surface area contributed by atoms with Gasteiger partial charge in [0.2, 0.25) is 5.91 Å². The highest BCUT2D eigenvalue weighted by atomic mass is 19.4. The molecule has 2 rings (SSSR count). The summed E-state index contributed by atoms with van der Waals surface area (Å²) in [5.74, 6) is 0.0539. The van der Waals surface area contributed by atoms with Gasteiger partial charge in [0.1, 0.15) is 5.82 Å². The Bertz CT molecular complexity index is 591. The number of pyridine rings is 1. The molecule has 7 nitrogen and oxygen atoms in total. The van der Waals surface area contributed by atoms with E-state index >= 15 is 0 Å². The van der Waals surface area contributed by atoms with E-state index < -0.39 is 17.8 Å². The Balaban J connectivity index is 1.93. The van der Waals surface area contributed by atoms with Crippen LogP contribution >= 0.6 is 0 Å². The van der Waals surface area contributed by atoms with Crippen molar-refractivity contribution in [3.63, 3.8) is 0 Å². The Morgan fingerprint density at radius 3 is 2.71 bits per heavy atom. The molecule has 1 aliphatic heterocycles. The first-order valence-corrected chi connectivity index (χ1v) is 7.36. The summed E-state index contributed by atoms with van der Waals surface area (Å²) in [5.41, 5.74) is 4.09. The number of alkyl halides is 3. The standard InChI is InChI=1S/C14H18F3N5O2/c15-14(16,17)9-3-4-11(19-6-9)22-5-1-2-10(8-22)21-12(23)7-20-13(18)24/h3-4,6,10H,1-2,5,7-8H2,(H,21,23)(H3,18,20,24). The molecular formula is C14H18F3N5O2. The minimum Gasteiger partial charge on any atom is -0.355 e. The topological polar surface area (TPSA) is 100 Å². The van der Waals surface area contributed by atoms with Crippen molar-refractivity contribution in [1.82, 2.24) is 15.6 Å². The molecule has 1 atom stereocenters. The number of hydrogen-bond acceptors (Lipinski definition) is 4. The molecule has 1 aliphatic rings. The minimum absolute atomic E-state index is 0.176. The predicted molar refractivity (Wildman–Crippen MR) is 80.2 cm³/mol. The van der Waals surface area contributed by atoms with Crippen LogP contribution in [0, 0.1) is 0 Å². The molecule has 24 heavy (non-hydrogen) atoms. The van der Waals surface area contributed by atoms with Crippen LogP contribution in [0.15, 0.2) is 18.3 Å². The first kappa shape index (κ1) is 17.8. The third-order valence-corrected chi connectivity index (χ3v) is 3.61. The van der Waals surface area contributed by atoms with Crippen LogP contribution in [-0.2, 0) is 11.0 Å². The highest BCUT2D eigenvalue weighted by Crippen LogP contribution is 2.29. The van der Waals surface area contributed by atoms with Crippen LogP contribution in [0.3, 0.4) is 0 Å². The Labute approximate surface area is 136 Å². The Morgan fingerprint density at radius 2 is 2.12 bits per heavy atom. The number of urea groups is 1. The maximum atomic E-state index is 12.6. The van der Waals surface area contributed by atoms with Gasteiger partial charge in [-0.3, -0.25) is 4.79 Å². The van der Waals surface area contributed by atoms with Crippen LogP contribution in [0.1, 0.15) is 18.4 Å². The van der Waals surface area contributed by atoms with Gasteiger partial charge in [-0.2, -0.15) is 13.2 Å². The van der Waals surface area contributed by atoms with Crippen LogP contribution in [0.25, 0.3) is 0 Å². The molecule has 1 saturated heterocycles. The zero-order valence-electron chi connectivity index (χ0n) is 12.8. The number of primary amides is 1. The van der Waals surface area contributed by atoms with E-state index in [1.54, 1.807) is 0 Å². The molecule has 2 heterocycles. The van der Waals surface area contributed by atoms with Crippen molar-refractivity contribution in [2.24, 2.45) is 5.73 Å². The highest BCUT2D eigenvalue weighted by molar-refractivity contribution is 5.83. The summed E-state index contributed by atoms with van der Waals surface area (Å²) in [7, 11) is 0. The molecule has 0 spiro atoms. The number of rotatable bonds is 4. The van der Waals surface area contributed by atoms with Gasteiger partial charge in [0, 0.05) is 25.3 Å². The lowest BCUT2D eigenvalue weighted by Gasteiger charge is -2.34. The van der Waals surface area contributed by atoms with Crippen molar-refractivity contribution in [1.29, 1.82) is 0 Å². The van der Waals surface area contributed by atoms with Gasteiger partial charge >= 0.3 is 12.2 Å². The van der Waals surface area contributed by atoms with Crippen LogP contribution < -0.4 is 21.3 Å². The van der Waals surface area contributed by atoms with E-state index in [-0.39, 0.29) is 18.5 Å². The number of anilines is 1.